The third-order valence-electron chi connectivity index (χ3n) is 4.14. The van der Waals surface area contributed by atoms with Crippen molar-refractivity contribution in [2.24, 2.45) is 0 Å². The topological polar surface area (TPSA) is 79.5 Å². The molecule has 3 N–H and O–H groups in total. The van der Waals surface area contributed by atoms with E-state index < -0.39 is 41.2 Å². The number of carbonyl (C=O) groups is 2. The average molecular weight is 555 g/mol. The quantitative estimate of drug-likeness (QED) is 0.285. The van der Waals surface area contributed by atoms with Gasteiger partial charge in [0.25, 0.3) is 5.91 Å². The highest BCUT2D eigenvalue weighted by Gasteiger charge is 2.32. The molecule has 0 heterocycles. The molecule has 0 aliphatic heterocycles. The molecule has 0 saturated carbocycles. The molecule has 0 spiro atoms. The summed E-state index contributed by atoms with van der Waals surface area (Å²) in [6.07, 6.45) is -4.92. The van der Waals surface area contributed by atoms with Crippen LogP contribution in [0.3, 0.4) is 0 Å². The molecule has 0 radical (unpaired) electrons. The first-order valence-corrected chi connectivity index (χ1v) is 10.3. The van der Waals surface area contributed by atoms with Crippen LogP contribution in [0.2, 0.25) is 15.1 Å². The first-order valence-electron chi connectivity index (χ1n) is 9.22. The van der Waals surface area contributed by atoms with Crippen molar-refractivity contribution in [1.82, 2.24) is 5.32 Å². The number of benzene rings is 3. The molecule has 14 heteroatoms. The van der Waals surface area contributed by atoms with E-state index in [9.17, 15) is 31.5 Å². The highest BCUT2D eigenvalue weighted by molar-refractivity contribution is 6.40. The average Bonchev–Trinajstić information content (AvgIpc) is 2.71. The van der Waals surface area contributed by atoms with Crippen LogP contribution in [-0.2, 0) is 0 Å². The fraction of sp³-hybridized carbons (Fsp3) is 0.0476. The third kappa shape index (κ3) is 6.87. The van der Waals surface area contributed by atoms with Gasteiger partial charge in [0.05, 0.1) is 20.8 Å². The van der Waals surface area contributed by atoms with Crippen LogP contribution < -0.4 is 20.7 Å². The number of urea groups is 1. The minimum Gasteiger partial charge on any atom is -0.404 e. The van der Waals surface area contributed by atoms with Gasteiger partial charge in [0.1, 0.15) is 22.9 Å². The van der Waals surface area contributed by atoms with Gasteiger partial charge in [0.2, 0.25) is 0 Å². The van der Waals surface area contributed by atoms with Crippen molar-refractivity contribution in [1.29, 1.82) is 0 Å². The molecule has 184 valence electrons. The van der Waals surface area contributed by atoms with E-state index in [1.54, 1.807) is 5.32 Å². The minimum absolute atomic E-state index is 0.0109. The zero-order valence-corrected chi connectivity index (χ0v) is 19.1. The molecule has 3 amide bonds. The van der Waals surface area contributed by atoms with Gasteiger partial charge in [-0.15, -0.1) is 13.2 Å². The van der Waals surface area contributed by atoms with Crippen LogP contribution in [-0.4, -0.2) is 18.3 Å². The Morgan fingerprint density at radius 2 is 1.40 bits per heavy atom. The van der Waals surface area contributed by atoms with Gasteiger partial charge in [0.15, 0.2) is 0 Å². The van der Waals surface area contributed by atoms with Crippen molar-refractivity contribution in [3.63, 3.8) is 0 Å². The summed E-state index contributed by atoms with van der Waals surface area (Å²) in [6.45, 7) is 0. The van der Waals surface area contributed by atoms with Crippen molar-refractivity contribution in [2.75, 3.05) is 10.6 Å². The molecule has 0 unspecified atom stereocenters. The van der Waals surface area contributed by atoms with Crippen LogP contribution in [0, 0.1) is 11.6 Å². The molecule has 0 bridgehead atoms. The number of halogens is 8. The lowest BCUT2D eigenvalue weighted by Crippen LogP contribution is -2.35. The Morgan fingerprint density at radius 3 is 1.94 bits per heavy atom. The molecule has 3 rings (SSSR count). The maximum atomic E-state index is 13.7. The van der Waals surface area contributed by atoms with Gasteiger partial charge >= 0.3 is 12.4 Å². The summed E-state index contributed by atoms with van der Waals surface area (Å²) >= 11 is 18.2. The largest absolute Gasteiger partial charge is 0.573 e. The van der Waals surface area contributed by atoms with Crippen molar-refractivity contribution >= 4 is 63.8 Å². The summed E-state index contributed by atoms with van der Waals surface area (Å²) in [5.41, 5.74) is -0.603. The van der Waals surface area contributed by atoms with E-state index >= 15 is 0 Å². The number of hydrogen-bond acceptors (Lipinski definition) is 4. The summed E-state index contributed by atoms with van der Waals surface area (Å²) in [7, 11) is 0. The van der Waals surface area contributed by atoms with Gasteiger partial charge in [-0.2, -0.15) is 0 Å². The number of rotatable bonds is 5. The molecule has 6 nitrogen and oxygen atoms in total. The monoisotopic (exact) mass is 553 g/mol. The minimum atomic E-state index is -4.92. The van der Waals surface area contributed by atoms with Gasteiger partial charge in [-0.25, -0.2) is 13.6 Å². The fourth-order valence-corrected chi connectivity index (χ4v) is 3.54. The molecule has 0 aliphatic carbocycles. The Morgan fingerprint density at radius 1 is 0.829 bits per heavy atom. The molecule has 0 aliphatic rings. The van der Waals surface area contributed by atoms with Crippen molar-refractivity contribution < 1.29 is 36.3 Å². The first-order chi connectivity index (χ1) is 16.3. The number of amides is 3. The molecule has 0 aromatic heterocycles. The summed E-state index contributed by atoms with van der Waals surface area (Å²) in [6, 6.07) is 7.44. The van der Waals surface area contributed by atoms with Crippen LogP contribution in [0.5, 0.6) is 5.75 Å². The number of ether oxygens (including phenoxy) is 1. The first kappa shape index (κ1) is 26.3. The molecule has 3 aromatic carbocycles. The molecule has 0 saturated heterocycles. The Hall–Kier alpha value is -3.28. The summed E-state index contributed by atoms with van der Waals surface area (Å²) < 4.78 is 68.3. The smallest absolute Gasteiger partial charge is 0.404 e. The van der Waals surface area contributed by atoms with Crippen molar-refractivity contribution in [3.05, 3.63) is 80.8 Å². The molecule has 3 aromatic rings. The van der Waals surface area contributed by atoms with E-state index in [4.69, 9.17) is 34.8 Å². The SMILES string of the molecule is O=C(NC(=O)c1c(F)cccc1F)Nc1cc(Cl)c(Nc2ccc(OC(F)(F)F)c(Cl)c2)c(Cl)c1. The van der Waals surface area contributed by atoms with Gasteiger partial charge in [-0.05, 0) is 42.5 Å². The Labute approximate surface area is 208 Å². The van der Waals surface area contributed by atoms with Gasteiger partial charge < -0.3 is 15.4 Å². The summed E-state index contributed by atoms with van der Waals surface area (Å²) in [4.78, 5) is 24.1. The number of nitrogens with one attached hydrogen (secondary N) is 3. The summed E-state index contributed by atoms with van der Waals surface area (Å²) in [5, 5.41) is 6.36. The van der Waals surface area contributed by atoms with E-state index in [-0.39, 0.29) is 32.1 Å². The van der Waals surface area contributed by atoms with Gasteiger partial charge in [0, 0.05) is 11.4 Å². The van der Waals surface area contributed by atoms with Crippen LogP contribution in [0.1, 0.15) is 10.4 Å². The van der Waals surface area contributed by atoms with E-state index in [0.717, 1.165) is 30.3 Å². The lowest BCUT2D eigenvalue weighted by molar-refractivity contribution is -0.274. The Bertz CT molecular complexity index is 1260. The lowest BCUT2D eigenvalue weighted by Gasteiger charge is -2.15. The van der Waals surface area contributed by atoms with Crippen LogP contribution >= 0.6 is 34.8 Å². The third-order valence-corrected chi connectivity index (χ3v) is 5.04. The molecular weight excluding hydrogens is 544 g/mol. The highest BCUT2D eigenvalue weighted by atomic mass is 35.5. The Kier molecular flexibility index (Phi) is 7.93. The van der Waals surface area contributed by atoms with Gasteiger partial charge in [-0.3, -0.25) is 10.1 Å². The van der Waals surface area contributed by atoms with E-state index in [2.05, 4.69) is 15.4 Å². The second-order valence-electron chi connectivity index (χ2n) is 6.64. The second kappa shape index (κ2) is 10.5. The molecular formula is C21H11Cl3F5N3O3. The van der Waals surface area contributed by atoms with Crippen LogP contribution in [0.15, 0.2) is 48.5 Å². The standard InChI is InChI=1S/C21H11Cl3F5N3O3/c22-11-6-9(4-5-16(11)35-21(27,28)29)30-18-12(23)7-10(8-13(18)24)31-20(34)32-19(33)17-14(25)2-1-3-15(17)26/h1-8,30H,(H2,31,32,33,34). The molecule has 0 fully saturated rings. The molecule has 0 atom stereocenters. The highest BCUT2D eigenvalue weighted by Crippen LogP contribution is 2.38. The normalized spacial score (nSPS) is 11.1. The zero-order chi connectivity index (χ0) is 25.9. The number of carbonyl (C=O) groups excluding carboxylic acids is 2. The number of hydrogen-bond donors (Lipinski definition) is 3. The number of anilines is 3. The van der Waals surface area contributed by atoms with Crippen molar-refractivity contribution in [3.8, 4) is 5.75 Å². The predicted molar refractivity (Wildman–Crippen MR) is 121 cm³/mol. The van der Waals surface area contributed by atoms with Crippen LogP contribution in [0.25, 0.3) is 0 Å². The predicted octanol–water partition coefficient (Wildman–Crippen LogP) is 7.53. The van der Waals surface area contributed by atoms with E-state index in [0.29, 0.717) is 0 Å². The zero-order valence-electron chi connectivity index (χ0n) is 16.9. The Balaban J connectivity index is 1.71. The van der Waals surface area contributed by atoms with Crippen LogP contribution in [0.4, 0.5) is 43.8 Å². The van der Waals surface area contributed by atoms with E-state index in [1.807, 2.05) is 0 Å². The maximum Gasteiger partial charge on any atom is 0.573 e. The number of imide groups is 1. The van der Waals surface area contributed by atoms with Gasteiger partial charge in [-0.1, -0.05) is 40.9 Å². The molecule has 35 heavy (non-hydrogen) atoms. The maximum absolute atomic E-state index is 13.7. The lowest BCUT2D eigenvalue weighted by atomic mass is 10.2. The number of alkyl halides is 3. The van der Waals surface area contributed by atoms with E-state index in [1.165, 1.54) is 18.2 Å². The second-order valence-corrected chi connectivity index (χ2v) is 7.86. The summed E-state index contributed by atoms with van der Waals surface area (Å²) in [5.74, 6) is -4.24. The fourth-order valence-electron chi connectivity index (χ4n) is 2.74. The van der Waals surface area contributed by atoms with Crippen molar-refractivity contribution in [2.45, 2.75) is 6.36 Å².